The summed E-state index contributed by atoms with van der Waals surface area (Å²) >= 11 is 0. The number of unbranched alkanes of at least 4 members (excludes halogenated alkanes) is 1. The fraction of sp³-hybridized carbons (Fsp3) is 0.744. The molecule has 2 aromatic rings. The molecule has 0 saturated carbocycles. The van der Waals surface area contributed by atoms with E-state index in [1.807, 2.05) is 42.7 Å². The highest BCUT2D eigenvalue weighted by atomic mass is 19.1. The van der Waals surface area contributed by atoms with Crippen molar-refractivity contribution in [2.45, 2.75) is 167 Å². The van der Waals surface area contributed by atoms with Crippen molar-refractivity contribution in [3.63, 3.8) is 0 Å². The number of ketones is 2. The van der Waals surface area contributed by atoms with Gasteiger partial charge in [-0.1, -0.05) is 46.8 Å². The Hall–Kier alpha value is -3.50. The molecule has 2 N–H and O–H groups in total. The lowest BCUT2D eigenvalue weighted by Gasteiger charge is -2.46. The van der Waals surface area contributed by atoms with Gasteiger partial charge in [0.2, 0.25) is 0 Å². The second-order valence-corrected chi connectivity index (χ2v) is 17.3. The minimum absolute atomic E-state index is 0.00654. The molecular formula is C43H65FN4O10. The van der Waals surface area contributed by atoms with E-state index in [9.17, 15) is 24.3 Å². The van der Waals surface area contributed by atoms with E-state index in [2.05, 4.69) is 10.3 Å². The lowest BCUT2D eigenvalue weighted by molar-refractivity contribution is -0.290. The molecule has 5 rings (SSSR count). The SMILES string of the molecule is CCCN[C@H]1C[C@@H](C)O[C@@H](O[C@@H]2[C@H](C)C(=O)[C@](C)(F)C(=O)O[C@H](CC)[C@@]3(C)OC(=O)N(CCCCn4cnc5ccccc54)C3[C@@H](C)C(=O)[C@H](C)C[C@@]2(C)OC)[C@H]1O. The second kappa shape index (κ2) is 18.4. The molecule has 3 aliphatic rings. The first kappa shape index (κ1) is 45.6. The van der Waals surface area contributed by atoms with Crippen molar-refractivity contribution >= 4 is 34.7 Å². The van der Waals surface area contributed by atoms with Crippen LogP contribution in [0.15, 0.2) is 30.6 Å². The van der Waals surface area contributed by atoms with Crippen LogP contribution in [0.25, 0.3) is 11.0 Å². The Morgan fingerprint density at radius 3 is 2.38 bits per heavy atom. The number of Topliss-reactive ketones (excluding diaryl/α,β-unsaturated/α-hetero) is 2. The number of aliphatic hydroxyl groups is 1. The number of carbonyl (C=O) groups excluding carboxylic acids is 4. The Kier molecular flexibility index (Phi) is 14.5. The van der Waals surface area contributed by atoms with Crippen molar-refractivity contribution in [2.75, 3.05) is 20.2 Å². The number of hydrogen-bond acceptors (Lipinski definition) is 12. The molecule has 3 saturated heterocycles. The van der Waals surface area contributed by atoms with Crippen LogP contribution in [-0.2, 0) is 44.6 Å². The van der Waals surface area contributed by atoms with Gasteiger partial charge in [0, 0.05) is 44.0 Å². The van der Waals surface area contributed by atoms with E-state index >= 15 is 4.39 Å². The summed E-state index contributed by atoms with van der Waals surface area (Å²) in [4.78, 5) is 62.7. The molecule has 1 aromatic heterocycles. The number of hydrogen-bond donors (Lipinski definition) is 2. The van der Waals surface area contributed by atoms with Crippen LogP contribution in [0.3, 0.4) is 0 Å². The van der Waals surface area contributed by atoms with Crippen molar-refractivity contribution < 1.29 is 52.4 Å². The number of rotatable bonds is 12. The summed E-state index contributed by atoms with van der Waals surface area (Å²) in [6.45, 7) is 16.1. The van der Waals surface area contributed by atoms with E-state index in [1.165, 1.54) is 18.9 Å². The Balaban J connectivity index is 1.48. The Bertz CT molecular complexity index is 1770. The van der Waals surface area contributed by atoms with Crippen molar-refractivity contribution in [1.82, 2.24) is 19.8 Å². The number of para-hydroxylation sites is 2. The quantitative estimate of drug-likeness (QED) is 0.156. The molecule has 324 valence electrons. The van der Waals surface area contributed by atoms with Crippen LogP contribution in [0, 0.1) is 17.8 Å². The van der Waals surface area contributed by atoms with Crippen molar-refractivity contribution in [3.8, 4) is 0 Å². The number of alkyl halides is 1. The molecule has 15 heteroatoms. The van der Waals surface area contributed by atoms with Crippen LogP contribution in [-0.4, -0.2) is 123 Å². The monoisotopic (exact) mass is 816 g/mol. The predicted octanol–water partition coefficient (Wildman–Crippen LogP) is 5.55. The molecule has 13 atom stereocenters. The summed E-state index contributed by atoms with van der Waals surface area (Å²) in [7, 11) is 1.41. The van der Waals surface area contributed by atoms with Gasteiger partial charge in [0.05, 0.1) is 41.2 Å². The number of aryl methyl sites for hydroxylation is 1. The zero-order chi connectivity index (χ0) is 42.7. The molecule has 0 radical (unpaired) electrons. The van der Waals surface area contributed by atoms with Crippen molar-refractivity contribution in [1.29, 1.82) is 0 Å². The van der Waals surface area contributed by atoms with Gasteiger partial charge in [-0.2, -0.15) is 0 Å². The van der Waals surface area contributed by atoms with Gasteiger partial charge in [-0.05, 0) is 84.9 Å². The summed E-state index contributed by atoms with van der Waals surface area (Å²) in [6.07, 6.45) is -1.48. The van der Waals surface area contributed by atoms with Gasteiger partial charge >= 0.3 is 12.1 Å². The van der Waals surface area contributed by atoms with E-state index < -0.39 is 83.1 Å². The van der Waals surface area contributed by atoms with Crippen LogP contribution < -0.4 is 5.32 Å². The first-order chi connectivity index (χ1) is 27.3. The van der Waals surface area contributed by atoms with Crippen LogP contribution >= 0.6 is 0 Å². The summed E-state index contributed by atoms with van der Waals surface area (Å²) in [5, 5.41) is 14.8. The summed E-state index contributed by atoms with van der Waals surface area (Å²) in [6, 6.07) is 6.52. The third kappa shape index (κ3) is 8.98. The number of cyclic esters (lactones) is 1. The van der Waals surface area contributed by atoms with Crippen molar-refractivity contribution in [3.05, 3.63) is 30.6 Å². The smallest absolute Gasteiger partial charge is 0.410 e. The average Bonchev–Trinajstić information content (AvgIpc) is 3.72. The maximum absolute atomic E-state index is 16.9. The number of aliphatic hydroxyl groups excluding tert-OH is 1. The largest absolute Gasteiger partial charge is 0.455 e. The lowest BCUT2D eigenvalue weighted by atomic mass is 9.73. The van der Waals surface area contributed by atoms with Gasteiger partial charge in [-0.25, -0.2) is 19.0 Å². The number of imidazole rings is 1. The lowest BCUT2D eigenvalue weighted by Crippen LogP contribution is -2.62. The summed E-state index contributed by atoms with van der Waals surface area (Å²) in [5.74, 6) is -5.74. The Morgan fingerprint density at radius 1 is 1.02 bits per heavy atom. The molecule has 58 heavy (non-hydrogen) atoms. The molecule has 1 aromatic carbocycles. The van der Waals surface area contributed by atoms with E-state index in [4.69, 9.17) is 23.7 Å². The minimum atomic E-state index is -3.17. The first-order valence-electron chi connectivity index (χ1n) is 21.0. The summed E-state index contributed by atoms with van der Waals surface area (Å²) in [5.41, 5.74) is -4.31. The van der Waals surface area contributed by atoms with Gasteiger partial charge in [0.15, 0.2) is 17.7 Å². The number of methoxy groups -OCH3 is 1. The highest BCUT2D eigenvalue weighted by Crippen LogP contribution is 2.43. The zero-order valence-electron chi connectivity index (χ0n) is 35.9. The number of nitrogens with one attached hydrogen (secondary N) is 1. The minimum Gasteiger partial charge on any atom is -0.455 e. The fourth-order valence-corrected chi connectivity index (χ4v) is 9.51. The fourth-order valence-electron chi connectivity index (χ4n) is 9.51. The van der Waals surface area contributed by atoms with Gasteiger partial charge in [-0.3, -0.25) is 9.59 Å². The number of aromatic nitrogens is 2. The third-order valence-electron chi connectivity index (χ3n) is 12.8. The molecule has 1 unspecified atom stereocenters. The Morgan fingerprint density at radius 2 is 1.71 bits per heavy atom. The topological polar surface area (TPSA) is 168 Å². The molecule has 0 spiro atoms. The zero-order valence-corrected chi connectivity index (χ0v) is 35.9. The maximum atomic E-state index is 16.9. The molecule has 3 aliphatic heterocycles. The van der Waals surface area contributed by atoms with E-state index in [0.29, 0.717) is 32.4 Å². The van der Waals surface area contributed by atoms with Gasteiger partial charge in [0.1, 0.15) is 18.0 Å². The van der Waals surface area contributed by atoms with Crippen LogP contribution in [0.1, 0.15) is 101 Å². The molecule has 14 nitrogen and oxygen atoms in total. The predicted molar refractivity (Wildman–Crippen MR) is 213 cm³/mol. The van der Waals surface area contributed by atoms with E-state index in [0.717, 1.165) is 24.4 Å². The van der Waals surface area contributed by atoms with Crippen LogP contribution in [0.5, 0.6) is 0 Å². The normalized spacial score (nSPS) is 38.0. The second-order valence-electron chi connectivity index (χ2n) is 17.3. The third-order valence-corrected chi connectivity index (χ3v) is 12.8. The summed E-state index contributed by atoms with van der Waals surface area (Å²) < 4.78 is 49.6. The van der Waals surface area contributed by atoms with Gasteiger partial charge in [0.25, 0.3) is 5.67 Å². The highest BCUT2D eigenvalue weighted by Gasteiger charge is 2.61. The standard InChI is InChI=1S/C43H65FN4O10/c1-11-19-45-30-22-26(4)55-38(34(30)50)57-37-28(6)36(51)42(8,44)39(52)56-32(12-2)43(9)35(27(5)33(49)25(3)23-41(37,7)54-10)48(40(53)58-43)21-16-15-20-47-24-46-29-17-13-14-18-31(29)47/h13-14,17-18,24-28,30,32,34-35,37-38,45,50H,11-12,15-16,19-23H2,1-10H3/t25-,26-,27+,28-,30+,32-,34+,35?,37-,38+,41-,42+,43-/m1/s1. The molecule has 1 amide bonds. The number of amides is 1. The molecule has 3 fully saturated rings. The number of ether oxygens (including phenoxy) is 5. The molecule has 0 bridgehead atoms. The number of esters is 1. The Labute approximate surface area is 341 Å². The maximum Gasteiger partial charge on any atom is 0.410 e. The number of nitrogens with zero attached hydrogens (tertiary/aromatic N) is 3. The average molecular weight is 817 g/mol. The molecule has 4 heterocycles. The van der Waals surface area contributed by atoms with E-state index in [1.54, 1.807) is 40.9 Å². The van der Waals surface area contributed by atoms with Crippen LogP contribution in [0.4, 0.5) is 9.18 Å². The number of benzene rings is 1. The van der Waals surface area contributed by atoms with Crippen molar-refractivity contribution in [2.24, 2.45) is 17.8 Å². The number of fused-ring (bicyclic) bond motifs is 2. The first-order valence-corrected chi connectivity index (χ1v) is 21.0. The number of carbonyl (C=O) groups is 4. The molecular weight excluding hydrogens is 751 g/mol. The van der Waals surface area contributed by atoms with E-state index in [-0.39, 0.29) is 37.3 Å². The molecule has 0 aliphatic carbocycles. The van der Waals surface area contributed by atoms with Gasteiger partial charge < -0.3 is 43.6 Å². The highest BCUT2D eigenvalue weighted by molar-refractivity contribution is 6.08. The number of halogens is 1. The van der Waals surface area contributed by atoms with Gasteiger partial charge in [-0.15, -0.1) is 0 Å². The van der Waals surface area contributed by atoms with Crippen LogP contribution in [0.2, 0.25) is 0 Å².